The predicted molar refractivity (Wildman–Crippen MR) is 97.8 cm³/mol. The summed E-state index contributed by atoms with van der Waals surface area (Å²) in [6, 6.07) is 14.1. The fraction of sp³-hybridized carbons (Fsp3) is 0.381. The third kappa shape index (κ3) is 2.54. The number of amides is 1. The number of ether oxygens (including phenoxy) is 2. The van der Waals surface area contributed by atoms with Gasteiger partial charge in [0.05, 0.1) is 6.61 Å². The maximum absolute atomic E-state index is 12.4. The SMILES string of the molecule is O=C1CCc2cccc(c2)Oc2cccc3c2OC[C@@]2(CNC[C@H]32)CN1. The molecule has 2 atom stereocenters. The second-order valence-corrected chi connectivity index (χ2v) is 7.54. The minimum Gasteiger partial charge on any atom is -0.489 e. The second kappa shape index (κ2) is 6.02. The standard InChI is InChI=1S/C21H22N2O3/c24-19-8-7-14-3-1-4-15(9-14)26-18-6-2-5-16-17-10-22-11-21(17,12-23-19)13-25-20(16)18/h1-6,9,17,22H,7-8,10-13H2,(H,23,24)/t17-,21-/m1/s1. The molecular formula is C21H22N2O3. The van der Waals surface area contributed by atoms with E-state index in [1.807, 2.05) is 36.4 Å². The van der Waals surface area contributed by atoms with Gasteiger partial charge in [-0.15, -0.1) is 0 Å². The topological polar surface area (TPSA) is 59.6 Å². The van der Waals surface area contributed by atoms with E-state index in [2.05, 4.69) is 16.7 Å². The number of benzene rings is 2. The third-order valence-electron chi connectivity index (χ3n) is 5.86. The highest BCUT2D eigenvalue weighted by molar-refractivity contribution is 5.76. The summed E-state index contributed by atoms with van der Waals surface area (Å²) in [5.74, 6) is 2.78. The van der Waals surface area contributed by atoms with Crippen molar-refractivity contribution >= 4 is 5.91 Å². The first kappa shape index (κ1) is 15.7. The smallest absolute Gasteiger partial charge is 0.220 e. The summed E-state index contributed by atoms with van der Waals surface area (Å²) >= 11 is 0. The first-order chi connectivity index (χ1) is 12.7. The average molecular weight is 350 g/mol. The summed E-state index contributed by atoms with van der Waals surface area (Å²) in [4.78, 5) is 12.4. The number of carbonyl (C=O) groups is 1. The summed E-state index contributed by atoms with van der Waals surface area (Å²) in [7, 11) is 0. The van der Waals surface area contributed by atoms with Gasteiger partial charge in [-0.25, -0.2) is 0 Å². The van der Waals surface area contributed by atoms with Gasteiger partial charge in [-0.1, -0.05) is 24.3 Å². The van der Waals surface area contributed by atoms with Gasteiger partial charge in [-0.3, -0.25) is 4.79 Å². The van der Waals surface area contributed by atoms with Gasteiger partial charge in [-0.05, 0) is 30.2 Å². The van der Waals surface area contributed by atoms with E-state index in [1.54, 1.807) is 0 Å². The van der Waals surface area contributed by atoms with Crippen molar-refractivity contribution in [2.24, 2.45) is 5.41 Å². The van der Waals surface area contributed by atoms with Crippen molar-refractivity contribution in [3.8, 4) is 17.2 Å². The molecule has 4 aliphatic rings. The summed E-state index contributed by atoms with van der Waals surface area (Å²) in [6.07, 6.45) is 1.19. The van der Waals surface area contributed by atoms with Crippen LogP contribution < -0.4 is 20.1 Å². The van der Waals surface area contributed by atoms with Crippen LogP contribution in [0.4, 0.5) is 0 Å². The van der Waals surface area contributed by atoms with Crippen LogP contribution in [0.2, 0.25) is 0 Å². The maximum Gasteiger partial charge on any atom is 0.220 e. The van der Waals surface area contributed by atoms with Crippen LogP contribution in [0.25, 0.3) is 0 Å². The summed E-state index contributed by atoms with van der Waals surface area (Å²) in [5.41, 5.74) is 2.17. The van der Waals surface area contributed by atoms with E-state index in [0.717, 1.165) is 35.9 Å². The van der Waals surface area contributed by atoms with Crippen molar-refractivity contribution < 1.29 is 14.3 Å². The Labute approximate surface area is 152 Å². The zero-order valence-corrected chi connectivity index (χ0v) is 14.6. The number of hydrogen-bond donors (Lipinski definition) is 2. The molecule has 1 fully saturated rings. The van der Waals surface area contributed by atoms with Gasteiger partial charge < -0.3 is 20.1 Å². The van der Waals surface area contributed by atoms with Gasteiger partial charge in [-0.2, -0.15) is 0 Å². The normalized spacial score (nSPS) is 26.9. The molecule has 0 aromatic heterocycles. The Kier molecular flexibility index (Phi) is 3.64. The summed E-state index contributed by atoms with van der Waals surface area (Å²) in [6.45, 7) is 2.96. The van der Waals surface area contributed by atoms with Gasteiger partial charge in [0.15, 0.2) is 11.5 Å². The van der Waals surface area contributed by atoms with Gasteiger partial charge in [0, 0.05) is 43.0 Å². The van der Waals surface area contributed by atoms with Crippen molar-refractivity contribution in [1.29, 1.82) is 0 Å². The van der Waals surface area contributed by atoms with E-state index >= 15 is 0 Å². The van der Waals surface area contributed by atoms with Gasteiger partial charge in [0.2, 0.25) is 5.91 Å². The highest BCUT2D eigenvalue weighted by Gasteiger charge is 2.49. The molecule has 0 radical (unpaired) electrons. The minimum atomic E-state index is -0.0975. The van der Waals surface area contributed by atoms with Crippen LogP contribution >= 0.6 is 0 Å². The van der Waals surface area contributed by atoms with Crippen molar-refractivity contribution in [2.75, 3.05) is 26.2 Å². The number of carbonyl (C=O) groups excluding carboxylic acids is 1. The highest BCUT2D eigenvalue weighted by atomic mass is 16.5. The van der Waals surface area contributed by atoms with E-state index in [1.165, 1.54) is 5.56 Å². The van der Waals surface area contributed by atoms with Crippen molar-refractivity contribution in [3.63, 3.8) is 0 Å². The Morgan fingerprint density at radius 1 is 1.08 bits per heavy atom. The van der Waals surface area contributed by atoms with Crippen LogP contribution in [0.3, 0.4) is 0 Å². The molecule has 5 heteroatoms. The van der Waals surface area contributed by atoms with Crippen molar-refractivity contribution in [3.05, 3.63) is 53.6 Å². The van der Waals surface area contributed by atoms with Crippen LogP contribution in [0.15, 0.2) is 42.5 Å². The molecule has 4 aliphatic heterocycles. The molecule has 2 aromatic carbocycles. The number of fused-ring (bicyclic) bond motifs is 5. The number of rotatable bonds is 0. The van der Waals surface area contributed by atoms with E-state index in [-0.39, 0.29) is 11.3 Å². The first-order valence-electron chi connectivity index (χ1n) is 9.23. The molecule has 6 rings (SSSR count). The molecule has 2 N–H and O–H groups in total. The van der Waals surface area contributed by atoms with Crippen LogP contribution in [-0.4, -0.2) is 32.1 Å². The van der Waals surface area contributed by atoms with Crippen LogP contribution in [0.5, 0.6) is 17.2 Å². The third-order valence-corrected chi connectivity index (χ3v) is 5.86. The summed E-state index contributed by atoms with van der Waals surface area (Å²) in [5, 5.41) is 6.65. The Hall–Kier alpha value is -2.53. The lowest BCUT2D eigenvalue weighted by atomic mass is 9.73. The van der Waals surface area contributed by atoms with Crippen LogP contribution in [0.1, 0.15) is 23.5 Å². The molecule has 2 aromatic rings. The molecule has 5 nitrogen and oxygen atoms in total. The van der Waals surface area contributed by atoms with Crippen LogP contribution in [0, 0.1) is 5.41 Å². The zero-order valence-electron chi connectivity index (χ0n) is 14.6. The molecule has 134 valence electrons. The quantitative estimate of drug-likeness (QED) is 0.767. The van der Waals surface area contributed by atoms with Gasteiger partial charge in [0.1, 0.15) is 5.75 Å². The lowest BCUT2D eigenvalue weighted by Gasteiger charge is -2.40. The molecule has 6 bridgehead atoms. The van der Waals surface area contributed by atoms with Gasteiger partial charge >= 0.3 is 0 Å². The number of aryl methyl sites for hydroxylation is 1. The molecule has 0 aliphatic carbocycles. The highest BCUT2D eigenvalue weighted by Crippen LogP contribution is 2.50. The van der Waals surface area contributed by atoms with Crippen molar-refractivity contribution in [1.82, 2.24) is 10.6 Å². The largest absolute Gasteiger partial charge is 0.489 e. The number of hydrogen-bond acceptors (Lipinski definition) is 4. The lowest BCUT2D eigenvalue weighted by molar-refractivity contribution is -0.121. The Morgan fingerprint density at radius 2 is 2.00 bits per heavy atom. The van der Waals surface area contributed by atoms with E-state index in [9.17, 15) is 4.79 Å². The molecule has 0 saturated carbocycles. The lowest BCUT2D eigenvalue weighted by Crippen LogP contribution is -2.48. The maximum atomic E-state index is 12.4. The van der Waals surface area contributed by atoms with E-state index in [4.69, 9.17) is 9.47 Å². The second-order valence-electron chi connectivity index (χ2n) is 7.54. The minimum absolute atomic E-state index is 0.0907. The molecule has 4 heterocycles. The summed E-state index contributed by atoms with van der Waals surface area (Å²) < 4.78 is 12.4. The van der Waals surface area contributed by atoms with Crippen molar-refractivity contribution in [2.45, 2.75) is 18.8 Å². The molecule has 1 saturated heterocycles. The molecule has 1 amide bonds. The molecule has 26 heavy (non-hydrogen) atoms. The average Bonchev–Trinajstić information content (AvgIpc) is 3.09. The Balaban J connectivity index is 1.62. The fourth-order valence-electron chi connectivity index (χ4n) is 4.40. The molecule has 1 spiro atoms. The molecular weight excluding hydrogens is 328 g/mol. The monoisotopic (exact) mass is 350 g/mol. The molecule has 0 unspecified atom stereocenters. The number of para-hydroxylation sites is 1. The van der Waals surface area contributed by atoms with E-state index in [0.29, 0.717) is 31.9 Å². The first-order valence-corrected chi connectivity index (χ1v) is 9.23. The fourth-order valence-corrected chi connectivity index (χ4v) is 4.40. The Bertz CT molecular complexity index is 866. The van der Waals surface area contributed by atoms with E-state index < -0.39 is 0 Å². The Morgan fingerprint density at radius 3 is 2.96 bits per heavy atom. The zero-order chi connectivity index (χ0) is 17.6. The van der Waals surface area contributed by atoms with Crippen LogP contribution in [-0.2, 0) is 11.2 Å². The van der Waals surface area contributed by atoms with Gasteiger partial charge in [0.25, 0.3) is 0 Å². The predicted octanol–water partition coefficient (Wildman–Crippen LogP) is 2.61. The number of nitrogens with one attached hydrogen (secondary N) is 2.